The van der Waals surface area contributed by atoms with Gasteiger partial charge in [-0.2, -0.15) is 0 Å². The highest BCUT2D eigenvalue weighted by Crippen LogP contribution is 2.17. The fraction of sp³-hybridized carbons (Fsp3) is 0.423. The molecule has 0 saturated carbocycles. The molecule has 2 heterocycles. The van der Waals surface area contributed by atoms with Gasteiger partial charge in [-0.3, -0.25) is 14.2 Å². The number of amides is 1. The van der Waals surface area contributed by atoms with Crippen LogP contribution in [-0.4, -0.2) is 28.6 Å². The van der Waals surface area contributed by atoms with Crippen molar-refractivity contribution in [1.82, 2.24) is 14.9 Å². The topological polar surface area (TPSA) is 73.2 Å². The lowest BCUT2D eigenvalue weighted by atomic mass is 10.1. The monoisotopic (exact) mass is 433 g/mol. The normalized spacial score (nSPS) is 14.9. The van der Waals surface area contributed by atoms with E-state index in [9.17, 15) is 9.59 Å². The van der Waals surface area contributed by atoms with E-state index in [0.717, 1.165) is 50.0 Å². The van der Waals surface area contributed by atoms with E-state index in [-0.39, 0.29) is 17.6 Å². The molecule has 6 heteroatoms. The second-order valence-corrected chi connectivity index (χ2v) is 8.41. The Kier molecular flexibility index (Phi) is 7.32. The Balaban J connectivity index is 1.35. The van der Waals surface area contributed by atoms with Gasteiger partial charge >= 0.3 is 0 Å². The highest BCUT2D eigenvalue weighted by molar-refractivity contribution is 5.97. The summed E-state index contributed by atoms with van der Waals surface area (Å²) < 4.78 is 7.68. The Hall–Kier alpha value is -2.99. The average Bonchev–Trinajstić information content (AvgIpc) is 2.80. The molecule has 0 saturated heterocycles. The van der Waals surface area contributed by atoms with Crippen LogP contribution in [0.1, 0.15) is 66.9 Å². The predicted molar refractivity (Wildman–Crippen MR) is 126 cm³/mol. The number of ether oxygens (including phenoxy) is 1. The molecule has 0 fully saturated rings. The van der Waals surface area contributed by atoms with Crippen molar-refractivity contribution in [3.8, 4) is 0 Å². The van der Waals surface area contributed by atoms with Crippen molar-refractivity contribution in [1.29, 1.82) is 0 Å². The van der Waals surface area contributed by atoms with Crippen LogP contribution in [0.4, 0.5) is 0 Å². The summed E-state index contributed by atoms with van der Waals surface area (Å²) in [6.07, 6.45) is 5.94. The zero-order valence-electron chi connectivity index (χ0n) is 18.7. The minimum Gasteiger partial charge on any atom is -0.374 e. The van der Waals surface area contributed by atoms with Crippen LogP contribution in [0.2, 0.25) is 0 Å². The molecule has 0 radical (unpaired) electrons. The number of aryl methyl sites for hydroxylation is 1. The molecule has 168 valence electrons. The number of fused-ring (bicyclic) bond motifs is 2. The third-order valence-corrected chi connectivity index (χ3v) is 6.07. The molecule has 0 bridgehead atoms. The Morgan fingerprint density at radius 2 is 1.94 bits per heavy atom. The maximum atomic E-state index is 12.9. The molecule has 1 aromatic heterocycles. The van der Waals surface area contributed by atoms with E-state index < -0.39 is 0 Å². The quantitative estimate of drug-likeness (QED) is 0.560. The summed E-state index contributed by atoms with van der Waals surface area (Å²) >= 11 is 0. The molecule has 2 aromatic carbocycles. The molecule has 32 heavy (non-hydrogen) atoms. The second-order valence-electron chi connectivity index (χ2n) is 8.41. The van der Waals surface area contributed by atoms with Gasteiger partial charge in [0.25, 0.3) is 11.5 Å². The van der Waals surface area contributed by atoms with Crippen LogP contribution in [-0.2, 0) is 17.7 Å². The third-order valence-electron chi connectivity index (χ3n) is 6.07. The Morgan fingerprint density at radius 3 is 2.78 bits per heavy atom. The van der Waals surface area contributed by atoms with Gasteiger partial charge in [-0.25, -0.2) is 4.98 Å². The molecular weight excluding hydrogens is 402 g/mol. The van der Waals surface area contributed by atoms with E-state index in [1.807, 2.05) is 41.8 Å². The average molecular weight is 434 g/mol. The number of benzene rings is 2. The summed E-state index contributed by atoms with van der Waals surface area (Å²) in [5.74, 6) is 0.682. The first-order chi connectivity index (χ1) is 15.6. The fourth-order valence-electron chi connectivity index (χ4n) is 4.19. The first kappa shape index (κ1) is 22.2. The maximum Gasteiger partial charge on any atom is 0.261 e. The summed E-state index contributed by atoms with van der Waals surface area (Å²) in [6.45, 7) is 3.85. The van der Waals surface area contributed by atoms with Crippen LogP contribution in [0, 0.1) is 0 Å². The zero-order chi connectivity index (χ0) is 22.3. The Morgan fingerprint density at radius 1 is 1.12 bits per heavy atom. The molecule has 1 unspecified atom stereocenters. The summed E-state index contributed by atoms with van der Waals surface area (Å²) in [5, 5.41) is 3.52. The SMILES string of the molecule is CC(OCCCNC(=O)c1ccc2c(=O)n3c(nc2c1)CCCCCC3)c1ccccc1. The van der Waals surface area contributed by atoms with Crippen LogP contribution in [0.15, 0.2) is 53.3 Å². The zero-order valence-corrected chi connectivity index (χ0v) is 18.7. The molecule has 1 atom stereocenters. The number of hydrogen-bond donors (Lipinski definition) is 1. The largest absolute Gasteiger partial charge is 0.374 e. The second kappa shape index (κ2) is 10.6. The molecule has 1 amide bonds. The van der Waals surface area contributed by atoms with E-state index in [1.165, 1.54) is 6.42 Å². The maximum absolute atomic E-state index is 12.9. The van der Waals surface area contributed by atoms with Gasteiger partial charge in [0.05, 0.1) is 17.0 Å². The molecule has 0 aliphatic carbocycles. The van der Waals surface area contributed by atoms with E-state index in [2.05, 4.69) is 5.32 Å². The number of hydrogen-bond acceptors (Lipinski definition) is 4. The van der Waals surface area contributed by atoms with Gasteiger partial charge in [-0.1, -0.05) is 43.2 Å². The van der Waals surface area contributed by atoms with Gasteiger partial charge in [0.2, 0.25) is 0 Å². The lowest BCUT2D eigenvalue weighted by Crippen LogP contribution is -2.27. The van der Waals surface area contributed by atoms with Crippen molar-refractivity contribution in [3.63, 3.8) is 0 Å². The van der Waals surface area contributed by atoms with E-state index in [0.29, 0.717) is 29.6 Å². The lowest BCUT2D eigenvalue weighted by molar-refractivity contribution is 0.0635. The van der Waals surface area contributed by atoms with Crippen molar-refractivity contribution in [2.24, 2.45) is 0 Å². The van der Waals surface area contributed by atoms with Crippen molar-refractivity contribution < 1.29 is 9.53 Å². The standard InChI is InChI=1S/C26H31N3O3/c1-19(20-10-5-4-6-11-20)32-17-9-15-27-25(30)21-13-14-22-23(18-21)28-24-12-7-2-3-8-16-29(24)26(22)31/h4-6,10-11,13-14,18-19H,2-3,7-9,12,15-17H2,1H3,(H,27,30). The van der Waals surface area contributed by atoms with E-state index >= 15 is 0 Å². The number of carbonyl (C=O) groups excluding carboxylic acids is 1. The van der Waals surface area contributed by atoms with E-state index in [1.54, 1.807) is 18.2 Å². The summed E-state index contributed by atoms with van der Waals surface area (Å²) in [6, 6.07) is 15.3. The van der Waals surface area contributed by atoms with Crippen LogP contribution in [0.5, 0.6) is 0 Å². The number of nitrogens with one attached hydrogen (secondary N) is 1. The van der Waals surface area contributed by atoms with Crippen molar-refractivity contribution in [3.05, 3.63) is 75.8 Å². The van der Waals surface area contributed by atoms with Crippen LogP contribution in [0.3, 0.4) is 0 Å². The lowest BCUT2D eigenvalue weighted by Gasteiger charge is -2.16. The molecular formula is C26H31N3O3. The molecule has 1 N–H and O–H groups in total. The number of nitrogens with zero attached hydrogens (tertiary/aromatic N) is 2. The van der Waals surface area contributed by atoms with Gasteiger partial charge in [-0.15, -0.1) is 0 Å². The number of carbonyl (C=O) groups is 1. The molecule has 1 aliphatic rings. The van der Waals surface area contributed by atoms with Crippen LogP contribution >= 0.6 is 0 Å². The first-order valence-corrected chi connectivity index (χ1v) is 11.6. The summed E-state index contributed by atoms with van der Waals surface area (Å²) in [4.78, 5) is 30.3. The van der Waals surface area contributed by atoms with Crippen LogP contribution < -0.4 is 10.9 Å². The molecule has 6 nitrogen and oxygen atoms in total. The Bertz CT molecular complexity index is 1120. The van der Waals surface area contributed by atoms with Crippen molar-refractivity contribution >= 4 is 16.8 Å². The molecule has 3 aromatic rings. The van der Waals surface area contributed by atoms with Crippen LogP contribution in [0.25, 0.3) is 10.9 Å². The fourth-order valence-corrected chi connectivity index (χ4v) is 4.19. The van der Waals surface area contributed by atoms with Crippen molar-refractivity contribution in [2.75, 3.05) is 13.2 Å². The first-order valence-electron chi connectivity index (χ1n) is 11.6. The minimum atomic E-state index is -0.156. The molecule has 1 aliphatic heterocycles. The third kappa shape index (κ3) is 5.25. The van der Waals surface area contributed by atoms with Crippen molar-refractivity contribution in [2.45, 2.75) is 58.1 Å². The highest BCUT2D eigenvalue weighted by atomic mass is 16.5. The Labute approximate surface area is 188 Å². The molecule has 0 spiro atoms. The van der Waals surface area contributed by atoms with Gasteiger partial charge in [0.15, 0.2) is 0 Å². The smallest absolute Gasteiger partial charge is 0.261 e. The van der Waals surface area contributed by atoms with E-state index in [4.69, 9.17) is 9.72 Å². The summed E-state index contributed by atoms with van der Waals surface area (Å²) in [7, 11) is 0. The predicted octanol–water partition coefficient (Wildman–Crippen LogP) is 4.41. The minimum absolute atomic E-state index is 0.00328. The summed E-state index contributed by atoms with van der Waals surface area (Å²) in [5.41, 5.74) is 2.28. The van der Waals surface area contributed by atoms with Gasteiger partial charge in [-0.05, 0) is 49.9 Å². The van der Waals surface area contributed by atoms with Gasteiger partial charge in [0, 0.05) is 31.7 Å². The number of rotatable bonds is 7. The van der Waals surface area contributed by atoms with Gasteiger partial charge < -0.3 is 10.1 Å². The number of aromatic nitrogens is 2. The van der Waals surface area contributed by atoms with Gasteiger partial charge in [0.1, 0.15) is 5.82 Å². The molecule has 4 rings (SSSR count). The highest BCUT2D eigenvalue weighted by Gasteiger charge is 2.15.